The summed E-state index contributed by atoms with van der Waals surface area (Å²) in [6.45, 7) is 0. The summed E-state index contributed by atoms with van der Waals surface area (Å²) in [5, 5.41) is 12.9. The molecule has 0 saturated heterocycles. The van der Waals surface area contributed by atoms with Gasteiger partial charge in [0.15, 0.2) is 5.82 Å². The van der Waals surface area contributed by atoms with Crippen LogP contribution in [0.4, 0.5) is 0 Å². The fourth-order valence-electron chi connectivity index (χ4n) is 1.00. The average Bonchev–Trinajstić information content (AvgIpc) is 2.65. The van der Waals surface area contributed by atoms with Gasteiger partial charge in [0, 0.05) is 6.20 Å². The maximum absolute atomic E-state index is 8.81. The van der Waals surface area contributed by atoms with Crippen molar-refractivity contribution in [1.82, 2.24) is 19.7 Å². The fraction of sp³-hybridized carbons (Fsp3) is 0. The number of nitriles is 1. The number of hydrogen-bond acceptors (Lipinski definition) is 4. The molecular weight excluding hydrogens is 293 g/mol. The quantitative estimate of drug-likeness (QED) is 0.740. The highest BCUT2D eigenvalue weighted by molar-refractivity contribution is 14.1. The zero-order valence-corrected chi connectivity index (χ0v) is 9.08. The number of hydrogen-bond donors (Lipinski definition) is 0. The van der Waals surface area contributed by atoms with Crippen LogP contribution in [0.25, 0.3) is 5.82 Å². The van der Waals surface area contributed by atoms with Crippen LogP contribution in [-0.2, 0) is 0 Å². The van der Waals surface area contributed by atoms with Gasteiger partial charge in [0.1, 0.15) is 18.0 Å². The molecule has 0 aliphatic rings. The predicted octanol–water partition coefficient (Wildman–Crippen LogP) is 1.14. The van der Waals surface area contributed by atoms with E-state index in [4.69, 9.17) is 5.26 Å². The van der Waals surface area contributed by atoms with Gasteiger partial charge in [-0.2, -0.15) is 10.4 Å². The van der Waals surface area contributed by atoms with Gasteiger partial charge in [-0.3, -0.25) is 0 Å². The van der Waals surface area contributed by atoms with Crippen molar-refractivity contribution in [1.29, 1.82) is 5.26 Å². The van der Waals surface area contributed by atoms with Crippen LogP contribution in [0, 0.1) is 14.9 Å². The minimum absolute atomic E-state index is 0.409. The van der Waals surface area contributed by atoms with Gasteiger partial charge in [-0.15, -0.1) is 0 Å². The molecule has 0 aromatic carbocycles. The molecule has 0 bridgehead atoms. The molecule has 2 aromatic heterocycles. The van der Waals surface area contributed by atoms with Crippen molar-refractivity contribution in [2.24, 2.45) is 0 Å². The van der Waals surface area contributed by atoms with Crippen molar-refractivity contribution in [2.45, 2.75) is 0 Å². The van der Waals surface area contributed by atoms with E-state index in [1.54, 1.807) is 17.1 Å². The first-order valence-electron chi connectivity index (χ1n) is 3.72. The van der Waals surface area contributed by atoms with Crippen molar-refractivity contribution in [3.63, 3.8) is 0 Å². The first-order valence-corrected chi connectivity index (χ1v) is 4.80. The van der Waals surface area contributed by atoms with Gasteiger partial charge in [0.25, 0.3) is 0 Å². The van der Waals surface area contributed by atoms with E-state index in [9.17, 15) is 0 Å². The molecule has 5 nitrogen and oxygen atoms in total. The molecule has 0 aliphatic heterocycles. The Morgan fingerprint density at radius 2 is 2.29 bits per heavy atom. The zero-order chi connectivity index (χ0) is 9.97. The Morgan fingerprint density at radius 3 is 2.93 bits per heavy atom. The Kier molecular flexibility index (Phi) is 2.41. The van der Waals surface area contributed by atoms with Crippen LogP contribution in [0.1, 0.15) is 5.56 Å². The SMILES string of the molecule is N#Cc1cncnc1-n1cc(I)cn1. The Morgan fingerprint density at radius 1 is 1.43 bits per heavy atom. The molecule has 0 spiro atoms. The van der Waals surface area contributed by atoms with Crippen LogP contribution in [0.2, 0.25) is 0 Å². The fourth-order valence-corrected chi connectivity index (χ4v) is 1.39. The summed E-state index contributed by atoms with van der Waals surface area (Å²) in [5.74, 6) is 0.505. The lowest BCUT2D eigenvalue weighted by Gasteiger charge is -1.99. The Hall–Kier alpha value is -1.49. The standard InChI is InChI=1S/C8H4IN5/c9-7-3-13-14(4-7)8-6(1-10)2-11-5-12-8/h2-5H. The van der Waals surface area contributed by atoms with E-state index in [1.807, 2.05) is 6.07 Å². The van der Waals surface area contributed by atoms with Crippen molar-refractivity contribution >= 4 is 22.6 Å². The largest absolute Gasteiger partial charge is 0.243 e. The van der Waals surface area contributed by atoms with Crippen molar-refractivity contribution in [2.75, 3.05) is 0 Å². The minimum Gasteiger partial charge on any atom is -0.243 e. The molecule has 68 valence electrons. The molecule has 2 heterocycles. The smallest absolute Gasteiger partial charge is 0.174 e. The third kappa shape index (κ3) is 1.58. The molecule has 0 fully saturated rings. The Bertz CT molecular complexity index is 498. The van der Waals surface area contributed by atoms with E-state index in [1.165, 1.54) is 12.5 Å². The molecule has 0 N–H and O–H groups in total. The van der Waals surface area contributed by atoms with E-state index in [2.05, 4.69) is 37.7 Å². The van der Waals surface area contributed by atoms with Crippen LogP contribution >= 0.6 is 22.6 Å². The number of rotatable bonds is 1. The maximum Gasteiger partial charge on any atom is 0.174 e. The summed E-state index contributed by atoms with van der Waals surface area (Å²) in [7, 11) is 0. The highest BCUT2D eigenvalue weighted by Crippen LogP contribution is 2.10. The van der Waals surface area contributed by atoms with Crippen LogP contribution in [0.5, 0.6) is 0 Å². The van der Waals surface area contributed by atoms with Crippen molar-refractivity contribution < 1.29 is 0 Å². The average molecular weight is 297 g/mol. The van der Waals surface area contributed by atoms with E-state index in [0.717, 1.165) is 3.57 Å². The summed E-state index contributed by atoms with van der Waals surface area (Å²) >= 11 is 2.14. The maximum atomic E-state index is 8.81. The number of nitrogens with zero attached hydrogens (tertiary/aromatic N) is 5. The van der Waals surface area contributed by atoms with Crippen molar-refractivity contribution in [3.8, 4) is 11.9 Å². The summed E-state index contributed by atoms with van der Waals surface area (Å²) < 4.78 is 2.55. The summed E-state index contributed by atoms with van der Waals surface area (Å²) in [5.41, 5.74) is 0.409. The van der Waals surface area contributed by atoms with Gasteiger partial charge < -0.3 is 0 Å². The molecular formula is C8H4IN5. The van der Waals surface area contributed by atoms with Gasteiger partial charge >= 0.3 is 0 Å². The van der Waals surface area contributed by atoms with E-state index in [-0.39, 0.29) is 0 Å². The van der Waals surface area contributed by atoms with Gasteiger partial charge in [0.2, 0.25) is 0 Å². The van der Waals surface area contributed by atoms with Gasteiger partial charge in [-0.1, -0.05) is 0 Å². The lowest BCUT2D eigenvalue weighted by Crippen LogP contribution is -2.01. The molecule has 2 aromatic rings. The first kappa shape index (κ1) is 9.08. The molecule has 0 amide bonds. The molecule has 6 heteroatoms. The van der Waals surface area contributed by atoms with E-state index >= 15 is 0 Å². The number of aromatic nitrogens is 4. The van der Waals surface area contributed by atoms with E-state index < -0.39 is 0 Å². The Balaban J connectivity index is 2.57. The van der Waals surface area contributed by atoms with Crippen LogP contribution in [-0.4, -0.2) is 19.7 Å². The summed E-state index contributed by atoms with van der Waals surface area (Å²) in [4.78, 5) is 7.77. The molecule has 0 atom stereocenters. The lowest BCUT2D eigenvalue weighted by atomic mass is 10.3. The van der Waals surface area contributed by atoms with Crippen LogP contribution in [0.3, 0.4) is 0 Å². The molecule has 0 unspecified atom stereocenters. The second-order valence-corrected chi connectivity index (χ2v) is 3.72. The topological polar surface area (TPSA) is 67.4 Å². The van der Waals surface area contributed by atoms with Gasteiger partial charge in [-0.25, -0.2) is 14.6 Å². The minimum atomic E-state index is 0.409. The third-order valence-corrected chi connectivity index (χ3v) is 2.14. The van der Waals surface area contributed by atoms with Gasteiger partial charge in [-0.05, 0) is 22.6 Å². The molecule has 0 aliphatic carbocycles. The normalized spacial score (nSPS) is 9.71. The monoisotopic (exact) mass is 297 g/mol. The summed E-state index contributed by atoms with van der Waals surface area (Å²) in [6, 6.07) is 2.02. The molecule has 0 radical (unpaired) electrons. The highest BCUT2D eigenvalue weighted by Gasteiger charge is 2.06. The second kappa shape index (κ2) is 3.71. The first-order chi connectivity index (χ1) is 6.81. The van der Waals surface area contributed by atoms with E-state index in [0.29, 0.717) is 11.4 Å². The third-order valence-electron chi connectivity index (χ3n) is 1.58. The van der Waals surface area contributed by atoms with Gasteiger partial charge in [0.05, 0.1) is 16.0 Å². The molecule has 0 saturated carbocycles. The lowest BCUT2D eigenvalue weighted by molar-refractivity contribution is 0.835. The second-order valence-electron chi connectivity index (χ2n) is 2.47. The van der Waals surface area contributed by atoms with Crippen molar-refractivity contribution in [3.05, 3.63) is 34.1 Å². The van der Waals surface area contributed by atoms with Crippen LogP contribution < -0.4 is 0 Å². The Labute approximate surface area is 93.6 Å². The summed E-state index contributed by atoms with van der Waals surface area (Å²) in [6.07, 6.45) is 6.36. The van der Waals surface area contributed by atoms with Crippen LogP contribution in [0.15, 0.2) is 24.9 Å². The number of halogens is 1. The molecule has 14 heavy (non-hydrogen) atoms. The predicted molar refractivity (Wildman–Crippen MR) is 56.6 cm³/mol. The zero-order valence-electron chi connectivity index (χ0n) is 6.92. The molecule has 2 rings (SSSR count). The highest BCUT2D eigenvalue weighted by atomic mass is 127.